The monoisotopic (exact) mass is 155 g/mol. The number of aliphatic hydroxyl groups is 1. The molecule has 11 heavy (non-hydrogen) atoms. The van der Waals surface area contributed by atoms with E-state index >= 15 is 0 Å². The normalized spacial score (nSPS) is 34.0. The molecule has 1 N–H and O–H groups in total. The van der Waals surface area contributed by atoms with Crippen LogP contribution in [0.4, 0.5) is 0 Å². The van der Waals surface area contributed by atoms with Crippen LogP contribution in [0.15, 0.2) is 4.99 Å². The van der Waals surface area contributed by atoms with Gasteiger partial charge in [-0.3, -0.25) is 4.99 Å². The number of aliphatic hydroxyl groups excluding tert-OH is 1. The smallest absolute Gasteiger partial charge is 0.144 e. The Morgan fingerprint density at radius 3 is 3.00 bits per heavy atom. The maximum atomic E-state index is 9.26. The summed E-state index contributed by atoms with van der Waals surface area (Å²) in [5, 5.41) is 9.26. The van der Waals surface area contributed by atoms with Crippen LogP contribution in [0.2, 0.25) is 0 Å². The van der Waals surface area contributed by atoms with Gasteiger partial charge in [-0.25, -0.2) is 0 Å². The number of nitrogens with zero attached hydrogens (tertiary/aromatic N) is 1. The third-order valence-corrected chi connectivity index (χ3v) is 2.23. The lowest BCUT2D eigenvalue weighted by atomic mass is 9.99. The first kappa shape index (κ1) is 8.72. The summed E-state index contributed by atoms with van der Waals surface area (Å²) in [5.74, 6) is 0.756. The highest BCUT2D eigenvalue weighted by molar-refractivity contribution is 5.57. The van der Waals surface area contributed by atoms with Gasteiger partial charge in [0.2, 0.25) is 0 Å². The topological polar surface area (TPSA) is 32.6 Å². The molecule has 1 heterocycles. The lowest BCUT2D eigenvalue weighted by Gasteiger charge is -2.09. The summed E-state index contributed by atoms with van der Waals surface area (Å²) in [5.41, 5.74) is 0. The summed E-state index contributed by atoms with van der Waals surface area (Å²) >= 11 is 0. The highest BCUT2D eigenvalue weighted by Crippen LogP contribution is 2.16. The summed E-state index contributed by atoms with van der Waals surface area (Å²) < 4.78 is 0. The van der Waals surface area contributed by atoms with Gasteiger partial charge in [-0.05, 0) is 31.6 Å². The third-order valence-electron chi connectivity index (χ3n) is 2.23. The zero-order chi connectivity index (χ0) is 8.10. The standard InChI is InChI=1S/C9H17NO/c1-8-4-2-3-7-10-9(11)6-5-8/h7-9,11H,2-6H2,1H3/t8-,9+/m0/s1. The van der Waals surface area contributed by atoms with E-state index in [4.69, 9.17) is 0 Å². The Labute approximate surface area is 68.3 Å². The van der Waals surface area contributed by atoms with Gasteiger partial charge in [-0.1, -0.05) is 13.3 Å². The van der Waals surface area contributed by atoms with Crippen molar-refractivity contribution in [3.63, 3.8) is 0 Å². The molecule has 0 aromatic rings. The summed E-state index contributed by atoms with van der Waals surface area (Å²) in [6.07, 6.45) is 6.90. The molecule has 0 unspecified atom stereocenters. The van der Waals surface area contributed by atoms with Gasteiger partial charge in [0, 0.05) is 6.21 Å². The summed E-state index contributed by atoms with van der Waals surface area (Å²) in [7, 11) is 0. The third kappa shape index (κ3) is 3.51. The predicted molar refractivity (Wildman–Crippen MR) is 46.7 cm³/mol. The quantitative estimate of drug-likeness (QED) is 0.570. The fraction of sp³-hybridized carbons (Fsp3) is 0.889. The number of hydrogen-bond acceptors (Lipinski definition) is 2. The lowest BCUT2D eigenvalue weighted by molar-refractivity contribution is 0.165. The molecule has 0 spiro atoms. The van der Waals surface area contributed by atoms with Crippen LogP contribution < -0.4 is 0 Å². The molecular formula is C9H17NO. The highest BCUT2D eigenvalue weighted by Gasteiger charge is 2.07. The predicted octanol–water partition coefficient (Wildman–Crippen LogP) is 1.98. The number of rotatable bonds is 0. The molecule has 0 aromatic carbocycles. The fourth-order valence-corrected chi connectivity index (χ4v) is 1.41. The number of aliphatic imine (C=N–C) groups is 1. The average molecular weight is 155 g/mol. The Hall–Kier alpha value is -0.370. The van der Waals surface area contributed by atoms with Crippen molar-refractivity contribution in [2.24, 2.45) is 10.9 Å². The zero-order valence-corrected chi connectivity index (χ0v) is 7.16. The van der Waals surface area contributed by atoms with Crippen LogP contribution in [-0.2, 0) is 0 Å². The van der Waals surface area contributed by atoms with Gasteiger partial charge in [0.15, 0.2) is 0 Å². The van der Waals surface area contributed by atoms with E-state index in [0.717, 1.165) is 25.2 Å². The van der Waals surface area contributed by atoms with Crippen LogP contribution >= 0.6 is 0 Å². The maximum Gasteiger partial charge on any atom is 0.144 e. The first-order valence-corrected chi connectivity index (χ1v) is 4.48. The van der Waals surface area contributed by atoms with E-state index in [1.807, 2.05) is 6.21 Å². The van der Waals surface area contributed by atoms with E-state index in [0.29, 0.717) is 0 Å². The summed E-state index contributed by atoms with van der Waals surface area (Å²) in [6.45, 7) is 2.25. The maximum absolute atomic E-state index is 9.26. The molecule has 0 bridgehead atoms. The summed E-state index contributed by atoms with van der Waals surface area (Å²) in [6, 6.07) is 0. The van der Waals surface area contributed by atoms with Gasteiger partial charge >= 0.3 is 0 Å². The molecule has 1 aliphatic rings. The van der Waals surface area contributed by atoms with Crippen molar-refractivity contribution >= 4 is 6.21 Å². The van der Waals surface area contributed by atoms with E-state index in [2.05, 4.69) is 11.9 Å². The van der Waals surface area contributed by atoms with E-state index in [1.165, 1.54) is 12.8 Å². The van der Waals surface area contributed by atoms with Crippen molar-refractivity contribution in [1.29, 1.82) is 0 Å². The van der Waals surface area contributed by atoms with Gasteiger partial charge < -0.3 is 5.11 Å². The molecule has 64 valence electrons. The Bertz CT molecular complexity index is 134. The van der Waals surface area contributed by atoms with E-state index < -0.39 is 6.23 Å². The van der Waals surface area contributed by atoms with Gasteiger partial charge in [-0.2, -0.15) is 0 Å². The number of hydrogen-bond donors (Lipinski definition) is 1. The van der Waals surface area contributed by atoms with Crippen LogP contribution in [0, 0.1) is 5.92 Å². The molecule has 2 nitrogen and oxygen atoms in total. The average Bonchev–Trinajstić information content (AvgIpc) is 2.06. The van der Waals surface area contributed by atoms with Crippen LogP contribution in [0.5, 0.6) is 0 Å². The molecule has 2 heteroatoms. The summed E-state index contributed by atoms with van der Waals surface area (Å²) in [4.78, 5) is 4.01. The van der Waals surface area contributed by atoms with Crippen LogP contribution in [0.1, 0.15) is 39.0 Å². The van der Waals surface area contributed by atoms with Crippen LogP contribution in [0.25, 0.3) is 0 Å². The first-order chi connectivity index (χ1) is 5.29. The van der Waals surface area contributed by atoms with Crippen molar-refractivity contribution in [3.8, 4) is 0 Å². The first-order valence-electron chi connectivity index (χ1n) is 4.48. The second-order valence-corrected chi connectivity index (χ2v) is 3.43. The minimum absolute atomic E-state index is 0.435. The fourth-order valence-electron chi connectivity index (χ4n) is 1.41. The molecule has 2 atom stereocenters. The molecule has 0 saturated heterocycles. The Kier molecular flexibility index (Phi) is 3.57. The van der Waals surface area contributed by atoms with Crippen molar-refractivity contribution < 1.29 is 5.11 Å². The Balaban J connectivity index is 2.36. The molecule has 0 amide bonds. The SMILES string of the molecule is C[C@H]1CCCC=N[C@H](O)CC1. The molecule has 0 fully saturated rings. The lowest BCUT2D eigenvalue weighted by Crippen LogP contribution is -2.04. The van der Waals surface area contributed by atoms with Crippen molar-refractivity contribution in [3.05, 3.63) is 0 Å². The second-order valence-electron chi connectivity index (χ2n) is 3.43. The molecule has 0 aliphatic carbocycles. The van der Waals surface area contributed by atoms with Gasteiger partial charge in [0.05, 0.1) is 0 Å². The van der Waals surface area contributed by atoms with Gasteiger partial charge in [0.25, 0.3) is 0 Å². The van der Waals surface area contributed by atoms with E-state index in [9.17, 15) is 5.11 Å². The van der Waals surface area contributed by atoms with Crippen molar-refractivity contribution in [2.45, 2.75) is 45.3 Å². The Morgan fingerprint density at radius 2 is 2.18 bits per heavy atom. The van der Waals surface area contributed by atoms with Crippen LogP contribution in [-0.4, -0.2) is 17.5 Å². The van der Waals surface area contributed by atoms with Crippen molar-refractivity contribution in [1.82, 2.24) is 0 Å². The van der Waals surface area contributed by atoms with Crippen molar-refractivity contribution in [2.75, 3.05) is 0 Å². The molecule has 0 saturated carbocycles. The molecule has 0 aromatic heterocycles. The minimum Gasteiger partial charge on any atom is -0.372 e. The molecule has 0 radical (unpaired) electrons. The Morgan fingerprint density at radius 1 is 1.36 bits per heavy atom. The molecule has 1 rings (SSSR count). The van der Waals surface area contributed by atoms with E-state index in [-0.39, 0.29) is 0 Å². The van der Waals surface area contributed by atoms with Crippen LogP contribution in [0.3, 0.4) is 0 Å². The van der Waals surface area contributed by atoms with Gasteiger partial charge in [-0.15, -0.1) is 0 Å². The largest absolute Gasteiger partial charge is 0.372 e. The zero-order valence-electron chi connectivity index (χ0n) is 7.16. The minimum atomic E-state index is -0.435. The van der Waals surface area contributed by atoms with E-state index in [1.54, 1.807) is 0 Å². The molecule has 1 aliphatic heterocycles. The highest BCUT2D eigenvalue weighted by atomic mass is 16.3. The van der Waals surface area contributed by atoms with Gasteiger partial charge in [0.1, 0.15) is 6.23 Å². The molecular weight excluding hydrogens is 138 g/mol. The second kappa shape index (κ2) is 4.50.